The number of nitrogen functional groups attached to an aromatic ring is 1. The van der Waals surface area contributed by atoms with Crippen LogP contribution in [0, 0.1) is 11.3 Å². The quantitative estimate of drug-likeness (QED) is 0.830. The molecule has 1 amide bonds. The van der Waals surface area contributed by atoms with Crippen LogP contribution in [0.1, 0.15) is 15.9 Å². The number of hydrogen-bond acceptors (Lipinski definition) is 3. The third kappa shape index (κ3) is 3.02. The lowest BCUT2D eigenvalue weighted by Gasteiger charge is -2.08. The van der Waals surface area contributed by atoms with Crippen LogP contribution in [0.2, 0.25) is 10.0 Å². The molecule has 0 fully saturated rings. The highest BCUT2D eigenvalue weighted by Crippen LogP contribution is 2.23. The van der Waals surface area contributed by atoms with E-state index in [0.29, 0.717) is 22.0 Å². The van der Waals surface area contributed by atoms with E-state index in [1.54, 1.807) is 18.2 Å². The number of amides is 1. The van der Waals surface area contributed by atoms with E-state index in [1.165, 1.54) is 18.2 Å². The first-order chi connectivity index (χ1) is 9.51. The van der Waals surface area contributed by atoms with Gasteiger partial charge in [-0.3, -0.25) is 4.79 Å². The average Bonchev–Trinajstić information content (AvgIpc) is 2.40. The number of halogens is 2. The van der Waals surface area contributed by atoms with Crippen LogP contribution in [-0.4, -0.2) is 5.91 Å². The zero-order valence-electron chi connectivity index (χ0n) is 10.2. The Hall–Kier alpha value is -2.22. The second-order valence-corrected chi connectivity index (χ2v) is 4.81. The summed E-state index contributed by atoms with van der Waals surface area (Å²) in [4.78, 5) is 12.1. The molecule has 0 aliphatic rings. The van der Waals surface area contributed by atoms with Gasteiger partial charge >= 0.3 is 0 Å². The lowest BCUT2D eigenvalue weighted by Crippen LogP contribution is -2.12. The molecule has 100 valence electrons. The summed E-state index contributed by atoms with van der Waals surface area (Å²) < 4.78 is 0. The minimum atomic E-state index is -0.388. The molecule has 0 aliphatic carbocycles. The molecule has 2 aromatic rings. The van der Waals surface area contributed by atoms with Gasteiger partial charge in [-0.15, -0.1) is 0 Å². The van der Waals surface area contributed by atoms with Gasteiger partial charge in [-0.1, -0.05) is 23.2 Å². The normalized spacial score (nSPS) is 9.85. The van der Waals surface area contributed by atoms with Gasteiger partial charge in [0.2, 0.25) is 0 Å². The van der Waals surface area contributed by atoms with Crippen LogP contribution in [0.25, 0.3) is 0 Å². The number of nitrogens with one attached hydrogen (secondary N) is 1. The van der Waals surface area contributed by atoms with Crippen molar-refractivity contribution in [3.63, 3.8) is 0 Å². The van der Waals surface area contributed by atoms with E-state index in [9.17, 15) is 4.79 Å². The summed E-state index contributed by atoms with van der Waals surface area (Å²) in [5, 5.41) is 12.1. The lowest BCUT2D eigenvalue weighted by atomic mass is 10.1. The minimum Gasteiger partial charge on any atom is -0.399 e. The lowest BCUT2D eigenvalue weighted by molar-refractivity contribution is 0.102. The molecule has 0 aromatic heterocycles. The highest BCUT2D eigenvalue weighted by molar-refractivity contribution is 6.34. The summed E-state index contributed by atoms with van der Waals surface area (Å²) in [6, 6.07) is 11.2. The maximum atomic E-state index is 12.1. The fourth-order valence-corrected chi connectivity index (χ4v) is 2.04. The minimum absolute atomic E-state index is 0.261. The summed E-state index contributed by atoms with van der Waals surface area (Å²) in [6.45, 7) is 0. The standard InChI is InChI=1S/C14H9Cl2N3O/c15-12-4-2-10(5-8(12)7-17)19-14(20)11-3-1-9(18)6-13(11)16/h1-6H,18H2,(H,19,20). The van der Waals surface area contributed by atoms with Gasteiger partial charge in [0.05, 0.1) is 21.2 Å². The molecule has 20 heavy (non-hydrogen) atoms. The van der Waals surface area contributed by atoms with Crippen LogP contribution in [0.3, 0.4) is 0 Å². The second-order valence-electron chi connectivity index (χ2n) is 4.00. The molecule has 0 spiro atoms. The van der Waals surface area contributed by atoms with Gasteiger partial charge in [0.25, 0.3) is 5.91 Å². The highest BCUT2D eigenvalue weighted by atomic mass is 35.5. The molecule has 0 radical (unpaired) electrons. The van der Waals surface area contributed by atoms with Crippen molar-refractivity contribution in [2.45, 2.75) is 0 Å². The largest absolute Gasteiger partial charge is 0.399 e. The van der Waals surface area contributed by atoms with E-state index in [0.717, 1.165) is 0 Å². The van der Waals surface area contributed by atoms with E-state index < -0.39 is 0 Å². The van der Waals surface area contributed by atoms with Crippen molar-refractivity contribution in [2.24, 2.45) is 0 Å². The Morgan fingerprint density at radius 1 is 1.15 bits per heavy atom. The van der Waals surface area contributed by atoms with Crippen LogP contribution in [0.5, 0.6) is 0 Å². The summed E-state index contributed by atoms with van der Waals surface area (Å²) >= 11 is 11.8. The summed E-state index contributed by atoms with van der Waals surface area (Å²) in [7, 11) is 0. The number of nitrogens with two attached hydrogens (primary N) is 1. The van der Waals surface area contributed by atoms with Crippen LogP contribution in [-0.2, 0) is 0 Å². The van der Waals surface area contributed by atoms with E-state index in [-0.39, 0.29) is 16.5 Å². The van der Waals surface area contributed by atoms with Crippen LogP contribution < -0.4 is 11.1 Å². The molecule has 3 N–H and O–H groups in total. The summed E-state index contributed by atoms with van der Waals surface area (Å²) in [5.41, 5.74) is 7.09. The maximum Gasteiger partial charge on any atom is 0.257 e. The van der Waals surface area contributed by atoms with Crippen molar-refractivity contribution in [2.75, 3.05) is 11.1 Å². The predicted molar refractivity (Wildman–Crippen MR) is 80.0 cm³/mol. The fourth-order valence-electron chi connectivity index (χ4n) is 1.60. The molecule has 0 heterocycles. The highest BCUT2D eigenvalue weighted by Gasteiger charge is 2.11. The number of hydrogen-bond donors (Lipinski definition) is 2. The Bertz CT molecular complexity index is 723. The Kier molecular flexibility index (Phi) is 4.14. The summed E-state index contributed by atoms with van der Waals surface area (Å²) in [6.07, 6.45) is 0. The van der Waals surface area contributed by atoms with Crippen LogP contribution >= 0.6 is 23.2 Å². The molecular weight excluding hydrogens is 297 g/mol. The number of rotatable bonds is 2. The SMILES string of the molecule is N#Cc1cc(NC(=O)c2ccc(N)cc2Cl)ccc1Cl. The molecule has 2 rings (SSSR count). The molecule has 4 nitrogen and oxygen atoms in total. The number of carbonyl (C=O) groups is 1. The third-order valence-electron chi connectivity index (χ3n) is 2.58. The van der Waals surface area contributed by atoms with Gasteiger partial charge in [0, 0.05) is 11.4 Å². The number of carbonyl (C=O) groups excluding carboxylic acids is 1. The molecule has 2 aromatic carbocycles. The molecule has 0 unspecified atom stereocenters. The van der Waals surface area contributed by atoms with Crippen LogP contribution in [0.4, 0.5) is 11.4 Å². The van der Waals surface area contributed by atoms with Crippen molar-refractivity contribution < 1.29 is 4.79 Å². The second kappa shape index (κ2) is 5.83. The van der Waals surface area contributed by atoms with Gasteiger partial charge in [-0.2, -0.15) is 5.26 Å². The molecule has 0 bridgehead atoms. The van der Waals surface area contributed by atoms with E-state index in [1.807, 2.05) is 6.07 Å². The van der Waals surface area contributed by atoms with Gasteiger partial charge in [0.1, 0.15) is 6.07 Å². The molecular formula is C14H9Cl2N3O. The first kappa shape index (κ1) is 14.2. The average molecular weight is 306 g/mol. The molecule has 0 saturated carbocycles. The Labute approximate surface area is 125 Å². The predicted octanol–water partition coefficient (Wildman–Crippen LogP) is 3.70. The topological polar surface area (TPSA) is 78.9 Å². The van der Waals surface area contributed by atoms with E-state index >= 15 is 0 Å². The summed E-state index contributed by atoms with van der Waals surface area (Å²) in [5.74, 6) is -0.388. The van der Waals surface area contributed by atoms with Crippen molar-refractivity contribution in [3.05, 3.63) is 57.6 Å². The Balaban J connectivity index is 2.26. The fraction of sp³-hybridized carbons (Fsp3) is 0. The number of benzene rings is 2. The van der Waals surface area contributed by atoms with Crippen molar-refractivity contribution in [1.82, 2.24) is 0 Å². The number of nitriles is 1. The first-order valence-corrected chi connectivity index (χ1v) is 6.33. The van der Waals surface area contributed by atoms with Crippen molar-refractivity contribution in [3.8, 4) is 6.07 Å². The number of anilines is 2. The molecule has 6 heteroatoms. The molecule has 0 saturated heterocycles. The zero-order valence-corrected chi connectivity index (χ0v) is 11.7. The van der Waals surface area contributed by atoms with Gasteiger partial charge in [0.15, 0.2) is 0 Å². The van der Waals surface area contributed by atoms with Gasteiger partial charge < -0.3 is 11.1 Å². The Morgan fingerprint density at radius 2 is 1.90 bits per heavy atom. The zero-order chi connectivity index (χ0) is 14.7. The first-order valence-electron chi connectivity index (χ1n) is 5.57. The Morgan fingerprint density at radius 3 is 2.55 bits per heavy atom. The van der Waals surface area contributed by atoms with Crippen molar-refractivity contribution in [1.29, 1.82) is 5.26 Å². The van der Waals surface area contributed by atoms with Gasteiger partial charge in [-0.05, 0) is 36.4 Å². The van der Waals surface area contributed by atoms with Gasteiger partial charge in [-0.25, -0.2) is 0 Å². The molecule has 0 aliphatic heterocycles. The molecule has 0 atom stereocenters. The number of nitrogens with zero attached hydrogens (tertiary/aromatic N) is 1. The van der Waals surface area contributed by atoms with Crippen molar-refractivity contribution >= 4 is 40.5 Å². The maximum absolute atomic E-state index is 12.1. The van der Waals surface area contributed by atoms with E-state index in [4.69, 9.17) is 34.2 Å². The van der Waals surface area contributed by atoms with E-state index in [2.05, 4.69) is 5.32 Å². The van der Waals surface area contributed by atoms with Crippen LogP contribution in [0.15, 0.2) is 36.4 Å². The third-order valence-corrected chi connectivity index (χ3v) is 3.22. The monoisotopic (exact) mass is 305 g/mol. The smallest absolute Gasteiger partial charge is 0.257 e.